The lowest BCUT2D eigenvalue weighted by atomic mass is 10.1. The van der Waals surface area contributed by atoms with Crippen LogP contribution in [0, 0.1) is 13.8 Å². The molecule has 0 radical (unpaired) electrons. The molecule has 6 heteroatoms. The number of H-pyrrole nitrogens is 1. The lowest BCUT2D eigenvalue weighted by Gasteiger charge is -2.01. The molecule has 6 nitrogen and oxygen atoms in total. The number of aromatic carboxylic acids is 1. The van der Waals surface area contributed by atoms with E-state index in [1.165, 1.54) is 19.1 Å². The second-order valence-electron chi connectivity index (χ2n) is 4.69. The van der Waals surface area contributed by atoms with Crippen LogP contribution in [0.25, 0.3) is 0 Å². The van der Waals surface area contributed by atoms with Gasteiger partial charge in [0.1, 0.15) is 0 Å². The Labute approximate surface area is 121 Å². The van der Waals surface area contributed by atoms with E-state index in [1.807, 2.05) is 0 Å². The highest BCUT2D eigenvalue weighted by molar-refractivity contribution is 5.98. The summed E-state index contributed by atoms with van der Waals surface area (Å²) in [7, 11) is 0. The Balaban J connectivity index is 2.34. The summed E-state index contributed by atoms with van der Waals surface area (Å²) in [4.78, 5) is 25.3. The van der Waals surface area contributed by atoms with Gasteiger partial charge in [0.2, 0.25) is 0 Å². The number of carbonyl (C=O) groups is 2. The molecule has 1 N–H and O–H groups in total. The molecule has 0 amide bonds. The van der Waals surface area contributed by atoms with Crippen molar-refractivity contribution in [2.45, 2.75) is 20.8 Å². The van der Waals surface area contributed by atoms with E-state index in [-0.39, 0.29) is 11.3 Å². The summed E-state index contributed by atoms with van der Waals surface area (Å²) in [5, 5.41) is 18.8. The van der Waals surface area contributed by atoms with Crippen molar-refractivity contribution >= 4 is 23.3 Å². The summed E-state index contributed by atoms with van der Waals surface area (Å²) in [6.45, 7) is 5.07. The average molecular weight is 284 g/mol. The molecule has 1 heterocycles. The van der Waals surface area contributed by atoms with Crippen LogP contribution in [0.4, 0.5) is 11.5 Å². The molecule has 1 aromatic heterocycles. The van der Waals surface area contributed by atoms with Gasteiger partial charge in [0, 0.05) is 16.8 Å². The summed E-state index contributed by atoms with van der Waals surface area (Å²) in [6, 6.07) is 5.99. The van der Waals surface area contributed by atoms with Crippen molar-refractivity contribution in [3.05, 3.63) is 46.6 Å². The summed E-state index contributed by atoms with van der Waals surface area (Å²) in [5.41, 5.74) is 2.49. The minimum absolute atomic E-state index is 0.0373. The number of azo groups is 1. The van der Waals surface area contributed by atoms with Crippen molar-refractivity contribution in [3.63, 3.8) is 0 Å². The minimum atomic E-state index is -1.27. The highest BCUT2D eigenvalue weighted by Gasteiger charge is 2.14. The normalized spacial score (nSPS) is 11.0. The Morgan fingerprint density at radius 1 is 1.19 bits per heavy atom. The number of nitrogens with one attached hydrogen (secondary N) is 1. The molecule has 1 aromatic carbocycles. The summed E-state index contributed by atoms with van der Waals surface area (Å²) in [5.74, 6) is -0.823. The minimum Gasteiger partial charge on any atom is -0.545 e. The molecule has 2 rings (SSSR count). The fourth-order valence-corrected chi connectivity index (χ4v) is 2.16. The maximum atomic E-state index is 11.5. The molecular weight excluding hydrogens is 270 g/mol. The first-order valence-corrected chi connectivity index (χ1v) is 6.33. The van der Waals surface area contributed by atoms with E-state index < -0.39 is 5.97 Å². The van der Waals surface area contributed by atoms with E-state index in [0.29, 0.717) is 17.1 Å². The highest BCUT2D eigenvalue weighted by atomic mass is 16.4. The van der Waals surface area contributed by atoms with Crippen LogP contribution in [-0.2, 0) is 0 Å². The Hall–Kier alpha value is -2.76. The third kappa shape index (κ3) is 3.05. The number of aryl methyl sites for hydroxylation is 1. The largest absolute Gasteiger partial charge is 0.545 e. The summed E-state index contributed by atoms with van der Waals surface area (Å²) in [6.07, 6.45) is 0. The second-order valence-corrected chi connectivity index (χ2v) is 4.69. The molecular formula is C15H14N3O3-. The van der Waals surface area contributed by atoms with Gasteiger partial charge < -0.3 is 14.9 Å². The third-order valence-corrected chi connectivity index (χ3v) is 3.11. The number of Topliss-reactive ketones (excluding diaryl/α,β-unsaturated/α-hetero) is 1. The topological polar surface area (TPSA) is 97.7 Å². The number of aromatic amines is 1. The van der Waals surface area contributed by atoms with Gasteiger partial charge in [0.25, 0.3) is 0 Å². The van der Waals surface area contributed by atoms with Crippen LogP contribution in [0.15, 0.2) is 34.5 Å². The van der Waals surface area contributed by atoms with Gasteiger partial charge in [-0.05, 0) is 38.5 Å². The maximum Gasteiger partial charge on any atom is 0.161 e. The molecule has 0 aliphatic carbocycles. The molecule has 0 aliphatic rings. The smallest absolute Gasteiger partial charge is 0.161 e. The lowest BCUT2D eigenvalue weighted by Crippen LogP contribution is -2.21. The zero-order valence-corrected chi connectivity index (χ0v) is 11.9. The molecule has 0 saturated heterocycles. The van der Waals surface area contributed by atoms with Crippen molar-refractivity contribution < 1.29 is 14.7 Å². The van der Waals surface area contributed by atoms with Crippen molar-refractivity contribution in [1.29, 1.82) is 0 Å². The Kier molecular flexibility index (Phi) is 3.98. The second kappa shape index (κ2) is 5.70. The van der Waals surface area contributed by atoms with E-state index in [0.717, 1.165) is 11.3 Å². The number of carboxylic acid groups (broad SMARTS) is 1. The van der Waals surface area contributed by atoms with Crippen molar-refractivity contribution in [3.8, 4) is 0 Å². The number of nitrogens with zero attached hydrogens (tertiary/aromatic N) is 2. The van der Waals surface area contributed by atoms with E-state index in [2.05, 4.69) is 15.2 Å². The van der Waals surface area contributed by atoms with Gasteiger partial charge >= 0.3 is 0 Å². The quantitative estimate of drug-likeness (QED) is 0.690. The molecule has 108 valence electrons. The molecule has 0 spiro atoms. The van der Waals surface area contributed by atoms with Gasteiger partial charge in [-0.2, -0.15) is 0 Å². The Morgan fingerprint density at radius 2 is 1.90 bits per heavy atom. The first kappa shape index (κ1) is 14.6. The Bertz CT molecular complexity index is 745. The number of ketones is 1. The van der Waals surface area contributed by atoms with Crippen molar-refractivity contribution in [1.82, 2.24) is 4.98 Å². The number of rotatable bonds is 4. The number of carbonyl (C=O) groups excluding carboxylic acids is 2. The number of hydrogen-bond donors (Lipinski definition) is 1. The first-order chi connectivity index (χ1) is 9.90. The van der Waals surface area contributed by atoms with Crippen LogP contribution in [0.2, 0.25) is 0 Å². The van der Waals surface area contributed by atoms with E-state index >= 15 is 0 Å². The van der Waals surface area contributed by atoms with Crippen LogP contribution < -0.4 is 5.11 Å². The SMILES string of the molecule is CC(=O)c1c(C)[nH]c(N=Nc2cccc(C(=O)[O-])c2)c1C. The number of benzene rings is 1. The van der Waals surface area contributed by atoms with Gasteiger partial charge in [-0.3, -0.25) is 4.79 Å². The van der Waals surface area contributed by atoms with E-state index in [4.69, 9.17) is 0 Å². The van der Waals surface area contributed by atoms with Crippen molar-refractivity contribution in [2.24, 2.45) is 10.2 Å². The van der Waals surface area contributed by atoms with Crippen LogP contribution in [0.1, 0.15) is 38.9 Å². The maximum absolute atomic E-state index is 11.5. The van der Waals surface area contributed by atoms with Gasteiger partial charge in [-0.25, -0.2) is 0 Å². The zero-order chi connectivity index (χ0) is 15.6. The summed E-state index contributed by atoms with van der Waals surface area (Å²) < 4.78 is 0. The number of aromatic nitrogens is 1. The van der Waals surface area contributed by atoms with Gasteiger partial charge in [-0.15, -0.1) is 10.2 Å². The molecule has 2 aromatic rings. The van der Waals surface area contributed by atoms with E-state index in [1.54, 1.807) is 26.0 Å². The van der Waals surface area contributed by atoms with Crippen LogP contribution in [0.3, 0.4) is 0 Å². The molecule has 0 bridgehead atoms. The molecule has 0 saturated carbocycles. The Morgan fingerprint density at radius 3 is 2.48 bits per heavy atom. The molecule has 0 unspecified atom stereocenters. The lowest BCUT2D eigenvalue weighted by molar-refractivity contribution is -0.255. The van der Waals surface area contributed by atoms with Crippen LogP contribution in [-0.4, -0.2) is 16.7 Å². The summed E-state index contributed by atoms with van der Waals surface area (Å²) >= 11 is 0. The van der Waals surface area contributed by atoms with Gasteiger partial charge in [0.15, 0.2) is 11.6 Å². The third-order valence-electron chi connectivity index (χ3n) is 3.11. The molecule has 0 atom stereocenters. The molecule has 0 fully saturated rings. The highest BCUT2D eigenvalue weighted by Crippen LogP contribution is 2.26. The van der Waals surface area contributed by atoms with Gasteiger partial charge in [0.05, 0.1) is 11.7 Å². The predicted octanol–water partition coefficient (Wildman–Crippen LogP) is 2.61. The van der Waals surface area contributed by atoms with Crippen LogP contribution >= 0.6 is 0 Å². The first-order valence-electron chi connectivity index (χ1n) is 6.33. The molecule has 0 aliphatic heterocycles. The monoisotopic (exact) mass is 284 g/mol. The fourth-order valence-electron chi connectivity index (χ4n) is 2.16. The fraction of sp³-hybridized carbons (Fsp3) is 0.200. The predicted molar refractivity (Wildman–Crippen MR) is 75.2 cm³/mol. The zero-order valence-electron chi connectivity index (χ0n) is 11.9. The van der Waals surface area contributed by atoms with Crippen molar-refractivity contribution in [2.75, 3.05) is 0 Å². The van der Waals surface area contributed by atoms with Crippen LogP contribution in [0.5, 0.6) is 0 Å². The number of carboxylic acids is 1. The average Bonchev–Trinajstić information content (AvgIpc) is 2.71. The standard InChI is InChI=1S/C15H15N3O3/c1-8-13(10(3)19)9(2)16-14(8)18-17-12-6-4-5-11(7-12)15(20)21/h4-7,16H,1-3H3,(H,20,21)/p-1. The molecule has 21 heavy (non-hydrogen) atoms. The number of hydrogen-bond acceptors (Lipinski definition) is 5. The van der Waals surface area contributed by atoms with Gasteiger partial charge in [-0.1, -0.05) is 12.1 Å². The van der Waals surface area contributed by atoms with E-state index in [9.17, 15) is 14.7 Å².